The number of ether oxygens (including phenoxy) is 8. The zero-order valence-corrected chi connectivity index (χ0v) is 68.7. The topological polar surface area (TPSA) is 587 Å². The number of aliphatic hydroxyl groups excluding tert-OH is 6. The maximum atomic E-state index is 16.9. The third kappa shape index (κ3) is 18.1. The smallest absolute Gasteiger partial charge is 0.330 e. The van der Waals surface area contributed by atoms with Gasteiger partial charge >= 0.3 is 5.97 Å². The lowest BCUT2D eigenvalue weighted by molar-refractivity contribution is -0.333. The predicted molar refractivity (Wildman–Crippen MR) is 428 cm³/mol. The van der Waals surface area contributed by atoms with E-state index >= 15 is 24.0 Å². The van der Waals surface area contributed by atoms with Gasteiger partial charge in [0.25, 0.3) is 0 Å². The van der Waals surface area contributed by atoms with E-state index in [0.29, 0.717) is 11.8 Å². The van der Waals surface area contributed by atoms with Crippen LogP contribution in [-0.2, 0) is 68.6 Å². The fourth-order valence-electron chi connectivity index (χ4n) is 19.0. The second-order valence-corrected chi connectivity index (χ2v) is 35.1. The van der Waals surface area contributed by atoms with Crippen molar-refractivity contribution < 1.29 is 127 Å². The quantitative estimate of drug-likeness (QED) is 0.0592. The zero-order chi connectivity index (χ0) is 87.7. The molecule has 3 saturated heterocycles. The van der Waals surface area contributed by atoms with Crippen LogP contribution >= 0.6 is 11.6 Å². The highest BCUT2D eigenvalue weighted by atomic mass is 35.5. The Morgan fingerprint density at radius 1 is 0.664 bits per heavy atom. The second-order valence-electron chi connectivity index (χ2n) is 34.7. The van der Waals surface area contributed by atoms with E-state index in [-0.39, 0.29) is 82.8 Å². The Bertz CT molecular complexity index is 4800. The molecule has 13 bridgehead atoms. The van der Waals surface area contributed by atoms with Crippen molar-refractivity contribution in [2.24, 2.45) is 46.8 Å². The van der Waals surface area contributed by atoms with Gasteiger partial charge in [-0.25, -0.2) is 4.79 Å². The van der Waals surface area contributed by atoms with E-state index in [1.165, 1.54) is 83.3 Å². The number of carboxylic acids is 1. The molecular formula is C84H106ClN11O26. The van der Waals surface area contributed by atoms with Crippen LogP contribution < -0.4 is 73.9 Å². The summed E-state index contributed by atoms with van der Waals surface area (Å²) in [4.78, 5) is 123. The van der Waals surface area contributed by atoms with E-state index < -0.39 is 256 Å². The third-order valence-corrected chi connectivity index (χ3v) is 25.4. The van der Waals surface area contributed by atoms with Gasteiger partial charge < -0.3 is 149 Å². The molecule has 122 heavy (non-hydrogen) atoms. The minimum Gasteiger partial charge on any atom is -0.507 e. The van der Waals surface area contributed by atoms with Crippen molar-refractivity contribution in [1.82, 2.24) is 42.5 Å². The number of aliphatic hydroxyl groups is 6. The molecule has 22 atom stereocenters. The molecule has 22 unspecified atom stereocenters. The van der Waals surface area contributed by atoms with Crippen molar-refractivity contribution in [3.8, 4) is 57.1 Å². The number of phenolic OH excluding ortho intramolecular Hbond substituents is 3. The number of likely N-dealkylation sites (N-methyl/N-ethyl adjacent to an activating group) is 1. The van der Waals surface area contributed by atoms with Crippen LogP contribution in [0.15, 0.2) is 78.9 Å². The summed E-state index contributed by atoms with van der Waals surface area (Å²) in [5.41, 5.74) is 13.3. The SMILES string of the molecule is CNC(CC(C)C)C(=O)NC1C(=O)NC(CC(N)=O)C(=O)NC2C(=O)NC3C(=O)NC(C(=O)NC(C(=O)O)c4cc(O)c(CNC5C6CC7CC(C6)CC5C7)c(O)c4-c4c(O)cccc43)C(OC3CC(C)(N)C(O)C(C)O3)c3ccc(cc3)Oc3cc2cc(c3OC2OC(CO)C(O)C(O)C2OC2CC(C)(N)C(O)C(C)O2)Oc2ccc(cc2Cl)C1O. The van der Waals surface area contributed by atoms with Crippen LogP contribution in [0.2, 0.25) is 5.02 Å². The van der Waals surface area contributed by atoms with Crippen LogP contribution in [0.25, 0.3) is 11.1 Å². The Labute approximate surface area is 705 Å². The third-order valence-electron chi connectivity index (χ3n) is 25.1. The van der Waals surface area contributed by atoms with Crippen LogP contribution in [0.3, 0.4) is 0 Å². The van der Waals surface area contributed by atoms with Gasteiger partial charge in [0.1, 0.15) is 89.5 Å². The monoisotopic (exact) mass is 1720 g/mol. The maximum Gasteiger partial charge on any atom is 0.330 e. The number of fused-ring (bicyclic) bond motifs is 14. The van der Waals surface area contributed by atoms with E-state index in [1.54, 1.807) is 0 Å². The van der Waals surface area contributed by atoms with Crippen molar-refractivity contribution in [2.75, 3.05) is 13.7 Å². The number of halogens is 1. The zero-order valence-electron chi connectivity index (χ0n) is 67.9. The van der Waals surface area contributed by atoms with Crippen LogP contribution in [0, 0.1) is 29.6 Å². The Balaban J connectivity index is 1.00. The molecule has 0 spiro atoms. The van der Waals surface area contributed by atoms with Crippen molar-refractivity contribution in [2.45, 2.75) is 245 Å². The number of carbonyl (C=O) groups is 8. The Morgan fingerprint density at radius 2 is 1.28 bits per heavy atom. The molecule has 4 aliphatic carbocycles. The van der Waals surface area contributed by atoms with E-state index in [1.807, 2.05) is 13.8 Å². The number of nitrogens with one attached hydrogen (secondary N) is 8. The number of phenols is 3. The van der Waals surface area contributed by atoms with Gasteiger partial charge in [-0.1, -0.05) is 55.8 Å². The molecular weight excluding hydrogens is 1610 g/mol. The van der Waals surface area contributed by atoms with Crippen LogP contribution in [-0.4, -0.2) is 221 Å². The summed E-state index contributed by atoms with van der Waals surface area (Å²) in [5.74, 6) is -14.0. The highest BCUT2D eigenvalue weighted by Gasteiger charge is 2.54. The first kappa shape index (κ1) is 88.7. The lowest BCUT2D eigenvalue weighted by Crippen LogP contribution is -2.64. The number of amides is 7. The molecule has 8 heterocycles. The molecule has 5 aromatic rings. The molecule has 12 aliphatic rings. The summed E-state index contributed by atoms with van der Waals surface area (Å²) in [6.07, 6.45) is -17.6. The van der Waals surface area contributed by atoms with E-state index in [9.17, 15) is 65.4 Å². The summed E-state index contributed by atoms with van der Waals surface area (Å²) in [6.45, 7) is 8.46. The normalized spacial score (nSPS) is 34.7. The average Bonchev–Trinajstić information content (AvgIpc) is 1.43. The van der Waals surface area contributed by atoms with Gasteiger partial charge in [0, 0.05) is 53.2 Å². The lowest BCUT2D eigenvalue weighted by atomic mass is 9.54. The van der Waals surface area contributed by atoms with Crippen LogP contribution in [0.4, 0.5) is 0 Å². The average molecular weight is 1720 g/mol. The summed E-state index contributed by atoms with van der Waals surface area (Å²) >= 11 is 7.21. The van der Waals surface area contributed by atoms with Gasteiger partial charge in [-0.2, -0.15) is 0 Å². The number of hydrogen-bond donors (Lipinski definition) is 21. The highest BCUT2D eigenvalue weighted by Crippen LogP contribution is 2.56. The van der Waals surface area contributed by atoms with E-state index in [4.69, 9.17) is 66.7 Å². The molecule has 17 rings (SSSR count). The van der Waals surface area contributed by atoms with Crippen molar-refractivity contribution in [1.29, 1.82) is 0 Å². The number of aromatic hydroxyl groups is 3. The second kappa shape index (κ2) is 35.5. The van der Waals surface area contributed by atoms with Gasteiger partial charge in [0.2, 0.25) is 53.4 Å². The maximum absolute atomic E-state index is 16.9. The summed E-state index contributed by atoms with van der Waals surface area (Å²) in [5, 5.41) is 141. The molecule has 38 heteroatoms. The number of primary amides is 1. The number of nitrogens with two attached hydrogens (primary N) is 3. The summed E-state index contributed by atoms with van der Waals surface area (Å²) < 4.78 is 52.3. The van der Waals surface area contributed by atoms with Gasteiger partial charge in [0.15, 0.2) is 36.2 Å². The fraction of sp³-hybridized carbons (Fsp3) is 0.548. The Hall–Kier alpha value is -9.65. The minimum absolute atomic E-state index is 0.0372. The lowest BCUT2D eigenvalue weighted by Gasteiger charge is -2.54. The molecule has 0 aromatic heterocycles. The van der Waals surface area contributed by atoms with Crippen LogP contribution in [0.1, 0.15) is 163 Å². The highest BCUT2D eigenvalue weighted by molar-refractivity contribution is 6.32. The standard InChI is InChI=1S/C84H106ClN11O26/c1-32(2)17-47(89-7)75(107)95-64-66(101)38-13-16-51(46(85)23-38)118-53-25-41-24-52(71(53)122-82-72(69(104)68(103)54(31-97)119-82)121-57-29-84(6,88)74(106)34(4)116-57)117-42-14-11-37(12-15-42)70(120-56-28-83(5,87)73(105)33(3)115-56)65-80(112)94-63(81(113)114)44-26-50(99)45(30-90-60-39-19-35-18-36(21-39)22-40(60)20-35)67(102)59(44)58-43(9-8-10-49(58)98)62(78(110)96-65)93-77(109)61(41)92-76(108)48(27-55(86)100)91-79(64)111/h8-16,23-26,32-36,39-40,47-48,54,56-57,60-66,68-70,72-74,82,89-90,97-99,101-106H,17-22,27-31,87-88H2,1-7H3,(H2,86,100)(H,91,111)(H,92,108)(H,93,109)(H,94,112)(H,95,107)(H,96,110)(H,113,114). The number of aliphatic carboxylic acids is 1. The molecule has 8 aliphatic heterocycles. The first-order chi connectivity index (χ1) is 57.8. The van der Waals surface area contributed by atoms with Crippen molar-refractivity contribution in [3.05, 3.63) is 117 Å². The first-order valence-corrected chi connectivity index (χ1v) is 41.3. The van der Waals surface area contributed by atoms with E-state index in [0.717, 1.165) is 62.4 Å². The van der Waals surface area contributed by atoms with Gasteiger partial charge in [-0.3, -0.25) is 33.6 Å². The van der Waals surface area contributed by atoms with Crippen molar-refractivity contribution >= 4 is 58.9 Å². The number of hydrogen-bond acceptors (Lipinski definition) is 29. The number of carbonyl (C=O) groups excluding carboxylic acids is 7. The van der Waals surface area contributed by atoms with Gasteiger partial charge in [-0.05, 0) is 174 Å². The number of carboxylic acid groups (broad SMARTS) is 1. The van der Waals surface area contributed by atoms with Gasteiger partial charge in [0.05, 0.1) is 54.1 Å². The largest absolute Gasteiger partial charge is 0.507 e. The molecule has 5 aromatic carbocycles. The minimum atomic E-state index is -2.41. The molecule has 7 fully saturated rings. The van der Waals surface area contributed by atoms with Gasteiger partial charge in [-0.15, -0.1) is 0 Å². The number of rotatable bonds is 18. The van der Waals surface area contributed by atoms with E-state index in [2.05, 4.69) is 42.5 Å². The summed E-state index contributed by atoms with van der Waals surface area (Å²) in [7, 11) is 1.48. The predicted octanol–water partition coefficient (Wildman–Crippen LogP) is 1.60. The number of benzene rings is 5. The Kier molecular flexibility index (Phi) is 25.8. The molecule has 0 radical (unpaired) electrons. The molecule has 37 nitrogen and oxygen atoms in total. The summed E-state index contributed by atoms with van der Waals surface area (Å²) in [6, 6.07) is 0.909. The molecule has 660 valence electrons. The van der Waals surface area contributed by atoms with Crippen LogP contribution in [0.5, 0.6) is 46.0 Å². The Morgan fingerprint density at radius 3 is 1.88 bits per heavy atom. The van der Waals surface area contributed by atoms with Crippen molar-refractivity contribution in [3.63, 3.8) is 0 Å². The fourth-order valence-corrected chi connectivity index (χ4v) is 19.3. The molecule has 24 N–H and O–H groups in total. The first-order valence-electron chi connectivity index (χ1n) is 40.9. The molecule has 4 saturated carbocycles. The molecule has 7 amide bonds.